The zero-order valence-electron chi connectivity index (χ0n) is 16.7. The first kappa shape index (κ1) is 21.9. The molecular formula is C22H20BrNO5S. The monoisotopic (exact) mass is 489 g/mol. The van der Waals surface area contributed by atoms with Gasteiger partial charge >= 0.3 is 5.97 Å². The predicted octanol–water partition coefficient (Wildman–Crippen LogP) is 5.62. The fourth-order valence-electron chi connectivity index (χ4n) is 2.89. The molecule has 1 N–H and O–H groups in total. The number of hydrogen-bond acceptors (Lipinski definition) is 6. The van der Waals surface area contributed by atoms with Crippen molar-refractivity contribution in [2.24, 2.45) is 0 Å². The molecule has 0 saturated carbocycles. The number of halogens is 1. The molecule has 0 spiro atoms. The van der Waals surface area contributed by atoms with E-state index in [9.17, 15) is 9.59 Å². The van der Waals surface area contributed by atoms with Crippen molar-refractivity contribution in [3.63, 3.8) is 0 Å². The molecule has 8 heteroatoms. The van der Waals surface area contributed by atoms with Crippen LogP contribution in [-0.2, 0) is 4.74 Å². The first-order valence-corrected chi connectivity index (χ1v) is 10.7. The summed E-state index contributed by atoms with van der Waals surface area (Å²) in [6.07, 6.45) is 0. The van der Waals surface area contributed by atoms with E-state index in [2.05, 4.69) is 21.2 Å². The van der Waals surface area contributed by atoms with Crippen LogP contribution in [-0.4, -0.2) is 32.7 Å². The number of carbonyl (C=O) groups excluding carboxylic acids is 2. The van der Waals surface area contributed by atoms with E-state index < -0.39 is 5.97 Å². The van der Waals surface area contributed by atoms with Crippen LogP contribution in [0.5, 0.6) is 11.5 Å². The average Bonchev–Trinajstić information content (AvgIpc) is 3.17. The van der Waals surface area contributed by atoms with Gasteiger partial charge in [0.1, 0.15) is 10.6 Å². The summed E-state index contributed by atoms with van der Waals surface area (Å²) >= 11 is 4.64. The number of methoxy groups -OCH3 is 2. The number of ether oxygens (including phenoxy) is 3. The molecule has 0 unspecified atom stereocenters. The van der Waals surface area contributed by atoms with Crippen LogP contribution >= 0.6 is 27.3 Å². The van der Waals surface area contributed by atoms with E-state index in [1.807, 2.05) is 17.5 Å². The van der Waals surface area contributed by atoms with Gasteiger partial charge in [0, 0.05) is 15.4 Å². The van der Waals surface area contributed by atoms with Crippen LogP contribution in [0.25, 0.3) is 11.1 Å². The second-order valence-electron chi connectivity index (χ2n) is 6.08. The Kier molecular flexibility index (Phi) is 7.12. The summed E-state index contributed by atoms with van der Waals surface area (Å²) in [6, 6.07) is 12.5. The number of thiophene rings is 1. The molecule has 0 fully saturated rings. The fourth-order valence-corrected chi connectivity index (χ4v) is 4.31. The van der Waals surface area contributed by atoms with E-state index in [0.29, 0.717) is 37.7 Å². The van der Waals surface area contributed by atoms with E-state index >= 15 is 0 Å². The summed E-state index contributed by atoms with van der Waals surface area (Å²) in [5.74, 6) is 0.283. The highest BCUT2D eigenvalue weighted by Gasteiger charge is 2.24. The molecule has 0 radical (unpaired) electrons. The largest absolute Gasteiger partial charge is 0.493 e. The highest BCUT2D eigenvalue weighted by molar-refractivity contribution is 9.10. The summed E-state index contributed by atoms with van der Waals surface area (Å²) in [6.45, 7) is 1.96. The Morgan fingerprint density at radius 2 is 1.80 bits per heavy atom. The number of carbonyl (C=O) groups is 2. The zero-order valence-corrected chi connectivity index (χ0v) is 19.1. The van der Waals surface area contributed by atoms with Crippen molar-refractivity contribution in [1.29, 1.82) is 0 Å². The molecule has 3 aromatic rings. The minimum absolute atomic E-state index is 0.220. The van der Waals surface area contributed by atoms with E-state index in [-0.39, 0.29) is 12.5 Å². The summed E-state index contributed by atoms with van der Waals surface area (Å²) < 4.78 is 16.6. The second kappa shape index (κ2) is 9.77. The first-order chi connectivity index (χ1) is 14.5. The normalized spacial score (nSPS) is 10.4. The number of benzene rings is 2. The van der Waals surface area contributed by atoms with Gasteiger partial charge < -0.3 is 19.5 Å². The van der Waals surface area contributed by atoms with Gasteiger partial charge in [0.25, 0.3) is 5.91 Å². The van der Waals surface area contributed by atoms with Crippen molar-refractivity contribution in [1.82, 2.24) is 0 Å². The van der Waals surface area contributed by atoms with Gasteiger partial charge in [0.05, 0.1) is 26.4 Å². The van der Waals surface area contributed by atoms with Gasteiger partial charge in [0.15, 0.2) is 11.5 Å². The third-order valence-electron chi connectivity index (χ3n) is 4.31. The fraction of sp³-hybridized carbons (Fsp3) is 0.182. The van der Waals surface area contributed by atoms with Gasteiger partial charge in [-0.15, -0.1) is 11.3 Å². The van der Waals surface area contributed by atoms with Gasteiger partial charge in [0.2, 0.25) is 0 Å². The molecule has 0 bridgehead atoms. The topological polar surface area (TPSA) is 73.9 Å². The smallest absolute Gasteiger partial charge is 0.341 e. The minimum atomic E-state index is -0.508. The molecule has 0 aliphatic rings. The number of esters is 1. The predicted molar refractivity (Wildman–Crippen MR) is 121 cm³/mol. The van der Waals surface area contributed by atoms with Gasteiger partial charge in [-0.1, -0.05) is 18.2 Å². The third kappa shape index (κ3) is 4.49. The molecule has 0 atom stereocenters. The summed E-state index contributed by atoms with van der Waals surface area (Å²) in [5, 5.41) is 5.07. The lowest BCUT2D eigenvalue weighted by atomic mass is 10.0. The summed E-state index contributed by atoms with van der Waals surface area (Å²) in [5.41, 5.74) is 2.15. The van der Waals surface area contributed by atoms with Crippen molar-refractivity contribution < 1.29 is 23.8 Å². The Hall–Kier alpha value is -2.84. The van der Waals surface area contributed by atoms with Gasteiger partial charge in [-0.05, 0) is 52.7 Å². The van der Waals surface area contributed by atoms with Crippen LogP contribution in [0.4, 0.5) is 5.00 Å². The highest BCUT2D eigenvalue weighted by Crippen LogP contribution is 2.40. The average molecular weight is 490 g/mol. The quantitative estimate of drug-likeness (QED) is 0.435. The Morgan fingerprint density at radius 3 is 2.47 bits per heavy atom. The van der Waals surface area contributed by atoms with Crippen molar-refractivity contribution in [3.05, 3.63) is 63.4 Å². The van der Waals surface area contributed by atoms with Crippen LogP contribution in [0.2, 0.25) is 0 Å². The van der Waals surface area contributed by atoms with Crippen LogP contribution in [0.3, 0.4) is 0 Å². The van der Waals surface area contributed by atoms with Crippen molar-refractivity contribution in [3.8, 4) is 22.6 Å². The lowest BCUT2D eigenvalue weighted by Gasteiger charge is -2.11. The molecule has 0 aliphatic carbocycles. The van der Waals surface area contributed by atoms with Crippen molar-refractivity contribution in [2.45, 2.75) is 6.92 Å². The van der Waals surface area contributed by atoms with Gasteiger partial charge in [-0.2, -0.15) is 0 Å². The Bertz CT molecular complexity index is 1080. The number of amides is 1. The maximum atomic E-state index is 12.8. The standard InChI is InChI=1S/C22H20BrNO5S/c1-4-29-22(26)19-15(13-9-10-17(27-2)18(11-13)28-3)12-30-21(19)24-20(25)14-7-5-6-8-16(14)23/h5-12H,4H2,1-3H3,(H,24,25). The number of nitrogens with one attached hydrogen (secondary N) is 1. The SMILES string of the molecule is CCOC(=O)c1c(-c2ccc(OC)c(OC)c2)csc1NC(=O)c1ccccc1Br. The van der Waals surface area contributed by atoms with E-state index in [1.165, 1.54) is 11.3 Å². The lowest BCUT2D eigenvalue weighted by Crippen LogP contribution is -2.15. The molecule has 1 heterocycles. The molecule has 30 heavy (non-hydrogen) atoms. The van der Waals surface area contributed by atoms with Crippen LogP contribution in [0, 0.1) is 0 Å². The molecule has 3 rings (SSSR count). The summed E-state index contributed by atoms with van der Waals surface area (Å²) in [4.78, 5) is 25.5. The molecule has 6 nitrogen and oxygen atoms in total. The number of anilines is 1. The Labute approximate surface area is 186 Å². The zero-order chi connectivity index (χ0) is 21.7. The van der Waals surface area contributed by atoms with Crippen LogP contribution < -0.4 is 14.8 Å². The second-order valence-corrected chi connectivity index (χ2v) is 7.81. The van der Waals surface area contributed by atoms with E-state index in [1.54, 1.807) is 51.5 Å². The highest BCUT2D eigenvalue weighted by atomic mass is 79.9. The maximum absolute atomic E-state index is 12.8. The molecule has 0 saturated heterocycles. The van der Waals surface area contributed by atoms with E-state index in [0.717, 1.165) is 5.56 Å². The number of rotatable bonds is 7. The molecular weight excluding hydrogens is 470 g/mol. The molecule has 1 amide bonds. The molecule has 156 valence electrons. The van der Waals surface area contributed by atoms with E-state index in [4.69, 9.17) is 14.2 Å². The Morgan fingerprint density at radius 1 is 1.07 bits per heavy atom. The van der Waals surface area contributed by atoms with Gasteiger partial charge in [-0.25, -0.2) is 4.79 Å². The van der Waals surface area contributed by atoms with Crippen LogP contribution in [0.15, 0.2) is 52.3 Å². The maximum Gasteiger partial charge on any atom is 0.341 e. The number of hydrogen-bond donors (Lipinski definition) is 1. The lowest BCUT2D eigenvalue weighted by molar-refractivity contribution is 0.0529. The summed E-state index contributed by atoms with van der Waals surface area (Å²) in [7, 11) is 3.10. The molecule has 2 aromatic carbocycles. The van der Waals surface area contributed by atoms with Crippen molar-refractivity contribution in [2.75, 3.05) is 26.1 Å². The Balaban J connectivity index is 2.04. The van der Waals surface area contributed by atoms with Gasteiger partial charge in [-0.3, -0.25) is 4.79 Å². The minimum Gasteiger partial charge on any atom is -0.493 e. The third-order valence-corrected chi connectivity index (χ3v) is 5.90. The molecule has 0 aliphatic heterocycles. The van der Waals surface area contributed by atoms with Crippen molar-refractivity contribution >= 4 is 44.1 Å². The first-order valence-electron chi connectivity index (χ1n) is 9.07. The molecule has 1 aromatic heterocycles. The van der Waals surface area contributed by atoms with Crippen LogP contribution in [0.1, 0.15) is 27.6 Å².